The standard InChI is InChI=1S/C44H49F3N4O5/c1-43(39-35(29-56-41(39)54)32-15-7-3-8-16-32)37(19-18-30-12-5-2-6-13-30)51(42(43)55)36(40(53)48-28-31-14-11-17-33(26-31)44(45,46)47)27-38(52)50-24-20-34(21-25-50)49-22-9-4-10-23-49/h2-3,5-8,11-19,26,34-37,39H,4,9-10,20-25,27-29H2,1H3,(H,48,53)/b19-18+/t35-,36-,37-,39?,43-/m1/s1. The van der Waals surface area contributed by atoms with Crippen LogP contribution in [-0.2, 0) is 36.6 Å². The molecular weight excluding hydrogens is 722 g/mol. The molecule has 0 aliphatic carbocycles. The van der Waals surface area contributed by atoms with Crippen LogP contribution in [-0.4, -0.2) is 89.3 Å². The minimum atomic E-state index is -4.57. The third-order valence-corrected chi connectivity index (χ3v) is 12.3. The second-order valence-corrected chi connectivity index (χ2v) is 15.7. The first-order chi connectivity index (χ1) is 26.9. The summed E-state index contributed by atoms with van der Waals surface area (Å²) < 4.78 is 46.2. The highest BCUT2D eigenvalue weighted by molar-refractivity contribution is 6.01. The molecule has 4 aliphatic heterocycles. The maximum Gasteiger partial charge on any atom is 0.416 e. The number of amides is 3. The molecule has 5 atom stereocenters. The van der Waals surface area contributed by atoms with Gasteiger partial charge in [-0.3, -0.25) is 19.2 Å². The number of piperidine rings is 2. The molecule has 1 N–H and O–H groups in total. The van der Waals surface area contributed by atoms with Gasteiger partial charge in [0.2, 0.25) is 17.7 Å². The van der Waals surface area contributed by atoms with Crippen LogP contribution >= 0.6 is 0 Å². The SMILES string of the molecule is C[C@@]1(C2C(=O)OC[C@@H]2c2ccccc2)C(=O)N([C@H](CC(=O)N2CCC(N3CCCCC3)CC2)C(=O)NCc2cccc(C(F)(F)F)c2)[C@@H]1/C=C/c1ccccc1. The van der Waals surface area contributed by atoms with Crippen molar-refractivity contribution >= 4 is 29.8 Å². The van der Waals surface area contributed by atoms with Gasteiger partial charge in [-0.15, -0.1) is 0 Å². The Morgan fingerprint density at radius 2 is 1.59 bits per heavy atom. The maximum absolute atomic E-state index is 14.8. The second-order valence-electron chi connectivity index (χ2n) is 15.7. The van der Waals surface area contributed by atoms with Crippen molar-refractivity contribution in [3.63, 3.8) is 0 Å². The zero-order chi connectivity index (χ0) is 39.5. The molecule has 1 unspecified atom stereocenters. The monoisotopic (exact) mass is 770 g/mol. The molecule has 7 rings (SSSR count). The van der Waals surface area contributed by atoms with Gasteiger partial charge in [0.05, 0.1) is 36.0 Å². The number of likely N-dealkylation sites (tertiary alicyclic amines) is 3. The van der Waals surface area contributed by atoms with Crippen LogP contribution in [0.3, 0.4) is 0 Å². The molecule has 56 heavy (non-hydrogen) atoms. The first-order valence-corrected chi connectivity index (χ1v) is 19.7. The molecule has 0 aromatic heterocycles. The molecule has 0 spiro atoms. The van der Waals surface area contributed by atoms with Gasteiger partial charge in [0.1, 0.15) is 6.04 Å². The van der Waals surface area contributed by atoms with E-state index in [1.807, 2.05) is 72.8 Å². The van der Waals surface area contributed by atoms with Crippen LogP contribution in [0.2, 0.25) is 0 Å². The fourth-order valence-corrected chi connectivity index (χ4v) is 9.18. The highest BCUT2D eigenvalue weighted by Crippen LogP contribution is 2.54. The van der Waals surface area contributed by atoms with Crippen molar-refractivity contribution in [2.45, 2.75) is 82.2 Å². The molecule has 9 nitrogen and oxygen atoms in total. The van der Waals surface area contributed by atoms with E-state index in [4.69, 9.17) is 4.74 Å². The second kappa shape index (κ2) is 16.6. The van der Waals surface area contributed by atoms with Gasteiger partial charge in [-0.2, -0.15) is 13.2 Å². The number of ether oxygens (including phenoxy) is 1. The Kier molecular flexibility index (Phi) is 11.7. The van der Waals surface area contributed by atoms with Gasteiger partial charge in [0.25, 0.3) is 0 Å². The number of β-lactam (4-membered cyclic amide) rings is 1. The van der Waals surface area contributed by atoms with Crippen LogP contribution in [0.25, 0.3) is 6.08 Å². The Bertz CT molecular complexity index is 1910. The fourth-order valence-electron chi connectivity index (χ4n) is 9.18. The van der Waals surface area contributed by atoms with E-state index < -0.39 is 58.9 Å². The van der Waals surface area contributed by atoms with E-state index in [-0.39, 0.29) is 31.0 Å². The predicted molar refractivity (Wildman–Crippen MR) is 205 cm³/mol. The summed E-state index contributed by atoms with van der Waals surface area (Å²) in [6, 6.07) is 21.8. The van der Waals surface area contributed by atoms with Gasteiger partial charge >= 0.3 is 12.1 Å². The van der Waals surface area contributed by atoms with Crippen molar-refractivity contribution in [3.05, 3.63) is 113 Å². The number of rotatable bonds is 11. The van der Waals surface area contributed by atoms with Crippen molar-refractivity contribution in [1.29, 1.82) is 0 Å². The lowest BCUT2D eigenvalue weighted by atomic mass is 9.59. The summed E-state index contributed by atoms with van der Waals surface area (Å²) >= 11 is 0. The van der Waals surface area contributed by atoms with Crippen molar-refractivity contribution in [2.24, 2.45) is 11.3 Å². The molecule has 0 bridgehead atoms. The van der Waals surface area contributed by atoms with E-state index in [1.165, 1.54) is 36.3 Å². The Morgan fingerprint density at radius 1 is 0.911 bits per heavy atom. The van der Waals surface area contributed by atoms with Gasteiger partial charge in [-0.1, -0.05) is 91.4 Å². The lowest BCUT2D eigenvalue weighted by Gasteiger charge is -2.58. The highest BCUT2D eigenvalue weighted by atomic mass is 19.4. The van der Waals surface area contributed by atoms with Gasteiger partial charge in [-0.25, -0.2) is 0 Å². The Balaban J connectivity index is 1.19. The average Bonchev–Trinajstić information content (AvgIpc) is 3.62. The molecule has 4 saturated heterocycles. The lowest BCUT2D eigenvalue weighted by molar-refractivity contribution is -0.185. The normalized spacial score (nSPS) is 25.5. The Labute approximate surface area is 325 Å². The Hall–Kier alpha value is -4.97. The lowest BCUT2D eigenvalue weighted by Crippen LogP contribution is -2.75. The number of nitrogens with one attached hydrogen (secondary N) is 1. The summed E-state index contributed by atoms with van der Waals surface area (Å²) in [7, 11) is 0. The van der Waals surface area contributed by atoms with Crippen molar-refractivity contribution in [2.75, 3.05) is 32.8 Å². The zero-order valence-corrected chi connectivity index (χ0v) is 31.6. The highest BCUT2D eigenvalue weighted by Gasteiger charge is 2.68. The number of carbonyl (C=O) groups excluding carboxylic acids is 4. The van der Waals surface area contributed by atoms with Crippen molar-refractivity contribution < 1.29 is 37.1 Å². The fraction of sp³-hybridized carbons (Fsp3) is 0.455. The van der Waals surface area contributed by atoms with Gasteiger partial charge < -0.3 is 24.8 Å². The topological polar surface area (TPSA) is 99.3 Å². The van der Waals surface area contributed by atoms with Crippen LogP contribution in [0.4, 0.5) is 13.2 Å². The van der Waals surface area contributed by atoms with E-state index in [0.29, 0.717) is 19.1 Å². The number of esters is 1. The van der Waals surface area contributed by atoms with E-state index in [0.717, 1.165) is 49.2 Å². The van der Waals surface area contributed by atoms with E-state index in [1.54, 1.807) is 11.8 Å². The quantitative estimate of drug-likeness (QED) is 0.178. The number of nitrogens with zero attached hydrogens (tertiary/aromatic N) is 3. The number of benzene rings is 3. The van der Waals surface area contributed by atoms with Crippen molar-refractivity contribution in [3.8, 4) is 0 Å². The average molecular weight is 771 g/mol. The van der Waals surface area contributed by atoms with Crippen LogP contribution in [0.5, 0.6) is 0 Å². The van der Waals surface area contributed by atoms with Crippen LogP contribution in [0.1, 0.15) is 73.6 Å². The summed E-state index contributed by atoms with van der Waals surface area (Å²) in [5, 5.41) is 2.75. The first-order valence-electron chi connectivity index (χ1n) is 19.7. The molecule has 3 aromatic rings. The van der Waals surface area contributed by atoms with Crippen molar-refractivity contribution in [1.82, 2.24) is 20.0 Å². The van der Waals surface area contributed by atoms with Gasteiger partial charge in [0.15, 0.2) is 0 Å². The molecule has 3 aromatic carbocycles. The minimum Gasteiger partial charge on any atom is -0.465 e. The van der Waals surface area contributed by atoms with Crippen LogP contribution in [0, 0.1) is 11.3 Å². The maximum atomic E-state index is 14.8. The number of halogens is 3. The third-order valence-electron chi connectivity index (χ3n) is 12.3. The number of hydrogen-bond donors (Lipinski definition) is 1. The van der Waals surface area contributed by atoms with E-state index >= 15 is 0 Å². The zero-order valence-electron chi connectivity index (χ0n) is 31.6. The summed E-state index contributed by atoms with van der Waals surface area (Å²) in [4.78, 5) is 62.6. The largest absolute Gasteiger partial charge is 0.465 e. The van der Waals surface area contributed by atoms with Gasteiger partial charge in [-0.05, 0) is 74.5 Å². The number of hydrogen-bond acceptors (Lipinski definition) is 6. The minimum absolute atomic E-state index is 0.0955. The van der Waals surface area contributed by atoms with E-state index in [9.17, 15) is 32.3 Å². The molecule has 4 aliphatic rings. The molecule has 12 heteroatoms. The molecule has 3 amide bonds. The smallest absolute Gasteiger partial charge is 0.416 e. The molecular formula is C44H49F3N4O5. The summed E-state index contributed by atoms with van der Waals surface area (Å²) in [6.45, 7) is 4.73. The predicted octanol–water partition coefficient (Wildman–Crippen LogP) is 6.44. The number of alkyl halides is 3. The number of carbonyl (C=O) groups is 4. The molecule has 0 saturated carbocycles. The van der Waals surface area contributed by atoms with Crippen LogP contribution < -0.4 is 5.32 Å². The third kappa shape index (κ3) is 8.12. The summed E-state index contributed by atoms with van der Waals surface area (Å²) in [6.07, 6.45) is 3.96. The molecule has 4 heterocycles. The first kappa shape index (κ1) is 39.3. The Morgan fingerprint density at radius 3 is 2.27 bits per heavy atom. The summed E-state index contributed by atoms with van der Waals surface area (Å²) in [5.74, 6) is -3.23. The summed E-state index contributed by atoms with van der Waals surface area (Å²) in [5.41, 5.74) is -0.284. The molecule has 296 valence electrons. The van der Waals surface area contributed by atoms with E-state index in [2.05, 4.69) is 10.2 Å². The van der Waals surface area contributed by atoms with Gasteiger partial charge in [0, 0.05) is 31.6 Å². The number of cyclic esters (lactones) is 1. The molecule has 0 radical (unpaired) electrons. The van der Waals surface area contributed by atoms with Crippen LogP contribution in [0.15, 0.2) is 91.0 Å². The molecule has 4 fully saturated rings.